The fourth-order valence-corrected chi connectivity index (χ4v) is 2.31. The van der Waals surface area contributed by atoms with Gasteiger partial charge in [-0.05, 0) is 32.7 Å². The van der Waals surface area contributed by atoms with E-state index in [1.54, 1.807) is 0 Å². The van der Waals surface area contributed by atoms with Gasteiger partial charge in [0, 0.05) is 12.5 Å². The third-order valence-electron chi connectivity index (χ3n) is 3.39. The topological polar surface area (TPSA) is 20.3 Å². The van der Waals surface area contributed by atoms with E-state index in [4.69, 9.17) is 0 Å². The Morgan fingerprint density at radius 3 is 2.62 bits per heavy atom. The quantitative estimate of drug-likeness (QED) is 0.607. The van der Waals surface area contributed by atoms with Crippen LogP contribution in [0.25, 0.3) is 0 Å². The average molecular weight is 181 g/mol. The fourth-order valence-electron chi connectivity index (χ4n) is 2.31. The molecule has 0 N–H and O–H groups in total. The van der Waals surface area contributed by atoms with Gasteiger partial charge < -0.3 is 0 Å². The minimum absolute atomic E-state index is 0.259. The zero-order valence-electron chi connectivity index (χ0n) is 8.46. The zero-order valence-corrected chi connectivity index (χ0v) is 8.46. The maximum atomic E-state index is 11.7. The molecule has 2 heteroatoms. The maximum Gasteiger partial charge on any atom is 0.149 e. The summed E-state index contributed by atoms with van der Waals surface area (Å²) in [6.07, 6.45) is 8.15. The second kappa shape index (κ2) is 3.79. The highest BCUT2D eigenvalue weighted by Crippen LogP contribution is 2.30. The van der Waals surface area contributed by atoms with Gasteiger partial charge in [0.2, 0.25) is 0 Å². The van der Waals surface area contributed by atoms with Gasteiger partial charge in [0.15, 0.2) is 0 Å². The largest absolute Gasteiger partial charge is 0.298 e. The lowest BCUT2D eigenvalue weighted by molar-refractivity contribution is -0.123. The number of likely N-dealkylation sites (N-methyl/N-ethyl adjacent to an activating group) is 1. The van der Waals surface area contributed by atoms with Gasteiger partial charge in [-0.25, -0.2) is 0 Å². The van der Waals surface area contributed by atoms with Crippen LogP contribution in [0.4, 0.5) is 0 Å². The SMILES string of the molecule is CN(C1CC1)C1CCCCCC1=O. The standard InChI is InChI=1S/C11H19NO/c1-12(9-7-8-9)10-5-3-2-4-6-11(10)13/h9-10H,2-8H2,1H3. The number of rotatable bonds is 2. The van der Waals surface area contributed by atoms with Crippen LogP contribution in [0.2, 0.25) is 0 Å². The van der Waals surface area contributed by atoms with Gasteiger partial charge in [0.25, 0.3) is 0 Å². The minimum Gasteiger partial charge on any atom is -0.298 e. The Morgan fingerprint density at radius 1 is 1.15 bits per heavy atom. The van der Waals surface area contributed by atoms with E-state index < -0.39 is 0 Å². The molecule has 74 valence electrons. The van der Waals surface area contributed by atoms with Crippen molar-refractivity contribution in [3.8, 4) is 0 Å². The van der Waals surface area contributed by atoms with E-state index >= 15 is 0 Å². The highest BCUT2D eigenvalue weighted by Gasteiger charge is 2.34. The molecule has 1 unspecified atom stereocenters. The number of hydrogen-bond donors (Lipinski definition) is 0. The summed E-state index contributed by atoms with van der Waals surface area (Å²) < 4.78 is 0. The van der Waals surface area contributed by atoms with Gasteiger partial charge >= 0.3 is 0 Å². The second-order valence-corrected chi connectivity index (χ2v) is 4.48. The van der Waals surface area contributed by atoms with Gasteiger partial charge in [-0.1, -0.05) is 12.8 Å². The molecular formula is C11H19NO. The minimum atomic E-state index is 0.259. The fraction of sp³-hybridized carbons (Fsp3) is 0.909. The predicted octanol–water partition coefficient (Wildman–Crippen LogP) is 1.98. The summed E-state index contributed by atoms with van der Waals surface area (Å²) in [6.45, 7) is 0. The summed E-state index contributed by atoms with van der Waals surface area (Å²) >= 11 is 0. The summed E-state index contributed by atoms with van der Waals surface area (Å²) in [5, 5.41) is 0. The molecule has 2 aliphatic carbocycles. The van der Waals surface area contributed by atoms with Crippen LogP contribution in [-0.2, 0) is 4.79 Å². The molecule has 0 saturated heterocycles. The number of carbonyl (C=O) groups excluding carboxylic acids is 1. The molecular weight excluding hydrogens is 162 g/mol. The summed E-state index contributed by atoms with van der Waals surface area (Å²) in [7, 11) is 2.13. The smallest absolute Gasteiger partial charge is 0.149 e. The molecule has 2 aliphatic rings. The molecule has 13 heavy (non-hydrogen) atoms. The molecule has 0 radical (unpaired) electrons. The van der Waals surface area contributed by atoms with Crippen LogP contribution in [0.5, 0.6) is 0 Å². The lowest BCUT2D eigenvalue weighted by Crippen LogP contribution is -2.39. The van der Waals surface area contributed by atoms with Crippen LogP contribution < -0.4 is 0 Å². The van der Waals surface area contributed by atoms with Crippen LogP contribution in [-0.4, -0.2) is 29.8 Å². The number of nitrogens with zero attached hydrogens (tertiary/aromatic N) is 1. The number of ketones is 1. The van der Waals surface area contributed by atoms with Crippen LogP contribution in [0.3, 0.4) is 0 Å². The van der Waals surface area contributed by atoms with Crippen molar-refractivity contribution in [2.24, 2.45) is 0 Å². The van der Waals surface area contributed by atoms with E-state index in [1.165, 1.54) is 25.7 Å². The Balaban J connectivity index is 1.96. The van der Waals surface area contributed by atoms with Crippen LogP contribution in [0.15, 0.2) is 0 Å². The molecule has 0 heterocycles. The van der Waals surface area contributed by atoms with Crippen molar-refractivity contribution in [3.05, 3.63) is 0 Å². The highest BCUT2D eigenvalue weighted by atomic mass is 16.1. The summed E-state index contributed by atoms with van der Waals surface area (Å²) in [6, 6.07) is 0.988. The number of hydrogen-bond acceptors (Lipinski definition) is 2. The maximum absolute atomic E-state index is 11.7. The van der Waals surface area contributed by atoms with Gasteiger partial charge in [-0.3, -0.25) is 9.69 Å². The normalized spacial score (nSPS) is 30.6. The van der Waals surface area contributed by atoms with Crippen LogP contribution in [0, 0.1) is 0 Å². The Labute approximate surface area is 80.3 Å². The molecule has 0 aliphatic heterocycles. The second-order valence-electron chi connectivity index (χ2n) is 4.48. The predicted molar refractivity (Wildman–Crippen MR) is 52.7 cm³/mol. The first-order valence-corrected chi connectivity index (χ1v) is 5.53. The Bertz CT molecular complexity index is 198. The molecule has 0 aromatic heterocycles. The molecule has 2 fully saturated rings. The summed E-state index contributed by atoms with van der Waals surface area (Å²) in [5.41, 5.74) is 0. The molecule has 2 saturated carbocycles. The van der Waals surface area contributed by atoms with Crippen molar-refractivity contribution in [2.45, 2.75) is 57.0 Å². The van der Waals surface area contributed by atoms with Crippen LogP contribution in [0.1, 0.15) is 44.9 Å². The Hall–Kier alpha value is -0.370. The van der Waals surface area contributed by atoms with Crippen molar-refractivity contribution in [3.63, 3.8) is 0 Å². The first-order chi connectivity index (χ1) is 6.29. The van der Waals surface area contributed by atoms with Crippen LogP contribution >= 0.6 is 0 Å². The molecule has 0 amide bonds. The molecule has 2 nitrogen and oxygen atoms in total. The van der Waals surface area contributed by atoms with Gasteiger partial charge in [-0.2, -0.15) is 0 Å². The van der Waals surface area contributed by atoms with Gasteiger partial charge in [0.05, 0.1) is 6.04 Å². The van der Waals surface area contributed by atoms with Gasteiger partial charge in [0.1, 0.15) is 5.78 Å². The first-order valence-electron chi connectivity index (χ1n) is 5.53. The summed E-state index contributed by atoms with van der Waals surface area (Å²) in [5.74, 6) is 0.493. The average Bonchev–Trinajstić information content (AvgIpc) is 2.89. The number of Topliss-reactive ketones (excluding diaryl/α,β-unsaturated/α-hetero) is 1. The lowest BCUT2D eigenvalue weighted by atomic mass is 10.1. The van der Waals surface area contributed by atoms with Gasteiger partial charge in [-0.15, -0.1) is 0 Å². The third kappa shape index (κ3) is 2.11. The van der Waals surface area contributed by atoms with Crippen molar-refractivity contribution < 1.29 is 4.79 Å². The van der Waals surface area contributed by atoms with Crippen molar-refractivity contribution in [1.82, 2.24) is 4.90 Å². The molecule has 0 aromatic carbocycles. The monoisotopic (exact) mass is 181 g/mol. The highest BCUT2D eigenvalue weighted by molar-refractivity contribution is 5.84. The lowest BCUT2D eigenvalue weighted by Gasteiger charge is -2.25. The van der Waals surface area contributed by atoms with Crippen molar-refractivity contribution in [1.29, 1.82) is 0 Å². The summed E-state index contributed by atoms with van der Waals surface area (Å²) in [4.78, 5) is 14.1. The molecule has 0 aromatic rings. The van der Waals surface area contributed by atoms with E-state index in [2.05, 4.69) is 11.9 Å². The molecule has 0 spiro atoms. The zero-order chi connectivity index (χ0) is 9.26. The first kappa shape index (κ1) is 9.20. The Morgan fingerprint density at radius 2 is 1.92 bits per heavy atom. The third-order valence-corrected chi connectivity index (χ3v) is 3.39. The molecule has 0 bridgehead atoms. The van der Waals surface area contributed by atoms with E-state index in [0.717, 1.165) is 25.3 Å². The van der Waals surface area contributed by atoms with Crippen molar-refractivity contribution >= 4 is 5.78 Å². The van der Waals surface area contributed by atoms with E-state index in [1.807, 2.05) is 0 Å². The molecule has 2 rings (SSSR count). The number of carbonyl (C=O) groups is 1. The van der Waals surface area contributed by atoms with E-state index in [-0.39, 0.29) is 6.04 Å². The van der Waals surface area contributed by atoms with E-state index in [9.17, 15) is 4.79 Å². The molecule has 1 atom stereocenters. The Kier molecular flexibility index (Phi) is 2.68. The van der Waals surface area contributed by atoms with Crippen molar-refractivity contribution in [2.75, 3.05) is 7.05 Å². The van der Waals surface area contributed by atoms with E-state index in [0.29, 0.717) is 5.78 Å².